The molecule has 0 bridgehead atoms. The van der Waals surface area contributed by atoms with Crippen LogP contribution in [0.4, 0.5) is 0 Å². The third-order valence-electron chi connectivity index (χ3n) is 3.26. The number of ether oxygens (including phenoxy) is 1. The number of methoxy groups -OCH3 is 1. The zero-order valence-electron chi connectivity index (χ0n) is 10.4. The lowest BCUT2D eigenvalue weighted by Crippen LogP contribution is -2.39. The third-order valence-corrected chi connectivity index (χ3v) is 3.91. The van der Waals surface area contributed by atoms with Crippen LogP contribution in [-0.4, -0.2) is 35.5 Å². The SMILES string of the molecule is COc1cccc(CN2CCC(Cl)C(C)C2)n1. The fourth-order valence-corrected chi connectivity index (χ4v) is 2.41. The van der Waals surface area contributed by atoms with Crippen molar-refractivity contribution in [2.75, 3.05) is 20.2 Å². The first-order valence-corrected chi connectivity index (χ1v) is 6.49. The third kappa shape index (κ3) is 3.33. The Labute approximate surface area is 108 Å². The summed E-state index contributed by atoms with van der Waals surface area (Å²) in [4.78, 5) is 6.84. The molecular weight excluding hydrogens is 236 g/mol. The second-order valence-corrected chi connectivity index (χ2v) is 5.25. The molecule has 4 heteroatoms. The van der Waals surface area contributed by atoms with E-state index in [-0.39, 0.29) is 0 Å². The Bertz CT molecular complexity index is 372. The molecule has 0 saturated carbocycles. The molecule has 0 aliphatic carbocycles. The van der Waals surface area contributed by atoms with Crippen LogP contribution in [0.25, 0.3) is 0 Å². The molecule has 1 saturated heterocycles. The number of rotatable bonds is 3. The van der Waals surface area contributed by atoms with Crippen LogP contribution < -0.4 is 4.74 Å². The summed E-state index contributed by atoms with van der Waals surface area (Å²) in [6, 6.07) is 5.90. The molecule has 1 aromatic rings. The Morgan fingerprint density at radius 2 is 2.35 bits per heavy atom. The first-order chi connectivity index (χ1) is 8.19. The second-order valence-electron chi connectivity index (χ2n) is 4.69. The minimum absolute atomic E-state index is 0.324. The Kier molecular flexibility index (Phi) is 4.24. The van der Waals surface area contributed by atoms with Gasteiger partial charge in [0.25, 0.3) is 0 Å². The van der Waals surface area contributed by atoms with E-state index >= 15 is 0 Å². The molecule has 0 radical (unpaired) electrons. The molecule has 0 N–H and O–H groups in total. The monoisotopic (exact) mass is 254 g/mol. The Morgan fingerprint density at radius 3 is 3.06 bits per heavy atom. The minimum atomic E-state index is 0.324. The minimum Gasteiger partial charge on any atom is -0.481 e. The summed E-state index contributed by atoms with van der Waals surface area (Å²) in [6.07, 6.45) is 1.06. The lowest BCUT2D eigenvalue weighted by molar-refractivity contribution is 0.177. The van der Waals surface area contributed by atoms with Crippen molar-refractivity contribution in [3.8, 4) is 5.88 Å². The van der Waals surface area contributed by atoms with Crippen LogP contribution in [0.2, 0.25) is 0 Å². The number of alkyl halides is 1. The van der Waals surface area contributed by atoms with Crippen LogP contribution in [-0.2, 0) is 6.54 Å². The number of nitrogens with zero attached hydrogens (tertiary/aromatic N) is 2. The van der Waals surface area contributed by atoms with Crippen LogP contribution in [0.1, 0.15) is 19.0 Å². The zero-order valence-corrected chi connectivity index (χ0v) is 11.2. The highest BCUT2D eigenvalue weighted by Gasteiger charge is 2.24. The molecule has 0 aromatic carbocycles. The number of hydrogen-bond donors (Lipinski definition) is 0. The van der Waals surface area contributed by atoms with Crippen molar-refractivity contribution >= 4 is 11.6 Å². The van der Waals surface area contributed by atoms with Gasteiger partial charge in [-0.15, -0.1) is 11.6 Å². The van der Waals surface area contributed by atoms with Crippen molar-refractivity contribution in [2.24, 2.45) is 5.92 Å². The van der Waals surface area contributed by atoms with Gasteiger partial charge in [-0.25, -0.2) is 4.98 Å². The highest BCUT2D eigenvalue weighted by Crippen LogP contribution is 2.22. The number of hydrogen-bond acceptors (Lipinski definition) is 3. The highest BCUT2D eigenvalue weighted by atomic mass is 35.5. The van der Waals surface area contributed by atoms with Crippen molar-refractivity contribution in [2.45, 2.75) is 25.3 Å². The van der Waals surface area contributed by atoms with E-state index in [1.54, 1.807) is 7.11 Å². The van der Waals surface area contributed by atoms with Gasteiger partial charge in [-0.05, 0) is 24.9 Å². The van der Waals surface area contributed by atoms with Gasteiger partial charge in [-0.2, -0.15) is 0 Å². The summed E-state index contributed by atoms with van der Waals surface area (Å²) in [5.74, 6) is 1.24. The van der Waals surface area contributed by atoms with Gasteiger partial charge in [0.15, 0.2) is 0 Å². The maximum atomic E-state index is 6.22. The predicted molar refractivity (Wildman–Crippen MR) is 69.5 cm³/mol. The number of likely N-dealkylation sites (tertiary alicyclic amines) is 1. The molecule has 1 aromatic heterocycles. The Hall–Kier alpha value is -0.800. The van der Waals surface area contributed by atoms with E-state index in [1.807, 2.05) is 18.2 Å². The largest absolute Gasteiger partial charge is 0.481 e. The van der Waals surface area contributed by atoms with Gasteiger partial charge in [0.05, 0.1) is 12.8 Å². The molecule has 3 nitrogen and oxygen atoms in total. The van der Waals surface area contributed by atoms with E-state index in [9.17, 15) is 0 Å². The van der Waals surface area contributed by atoms with Crippen LogP contribution >= 0.6 is 11.6 Å². The summed E-state index contributed by atoms with van der Waals surface area (Å²) in [5.41, 5.74) is 1.06. The molecule has 94 valence electrons. The molecule has 2 atom stereocenters. The van der Waals surface area contributed by atoms with E-state index < -0.39 is 0 Å². The van der Waals surface area contributed by atoms with E-state index in [0.29, 0.717) is 17.2 Å². The fourth-order valence-electron chi connectivity index (χ4n) is 2.24. The molecule has 0 amide bonds. The summed E-state index contributed by atoms with van der Waals surface area (Å²) in [6.45, 7) is 5.19. The van der Waals surface area contributed by atoms with E-state index in [0.717, 1.165) is 31.7 Å². The van der Waals surface area contributed by atoms with Crippen molar-refractivity contribution in [1.82, 2.24) is 9.88 Å². The number of pyridine rings is 1. The molecule has 0 spiro atoms. The smallest absolute Gasteiger partial charge is 0.213 e. The van der Waals surface area contributed by atoms with E-state index in [4.69, 9.17) is 16.3 Å². The summed E-state index contributed by atoms with van der Waals surface area (Å²) in [7, 11) is 1.65. The number of halogens is 1. The lowest BCUT2D eigenvalue weighted by atomic mass is 9.99. The van der Waals surface area contributed by atoms with Gasteiger partial charge in [0.2, 0.25) is 5.88 Å². The van der Waals surface area contributed by atoms with Crippen molar-refractivity contribution in [1.29, 1.82) is 0 Å². The van der Waals surface area contributed by atoms with Crippen LogP contribution in [0.5, 0.6) is 5.88 Å². The topological polar surface area (TPSA) is 25.4 Å². The Morgan fingerprint density at radius 1 is 1.53 bits per heavy atom. The van der Waals surface area contributed by atoms with Crippen LogP contribution in [0.3, 0.4) is 0 Å². The van der Waals surface area contributed by atoms with Gasteiger partial charge >= 0.3 is 0 Å². The van der Waals surface area contributed by atoms with Crippen molar-refractivity contribution in [3.63, 3.8) is 0 Å². The molecule has 2 heterocycles. The van der Waals surface area contributed by atoms with Crippen LogP contribution in [0, 0.1) is 5.92 Å². The summed E-state index contributed by atoms with van der Waals surface area (Å²) in [5, 5.41) is 0.324. The molecule has 2 rings (SSSR count). The first kappa shape index (κ1) is 12.7. The molecule has 17 heavy (non-hydrogen) atoms. The Balaban J connectivity index is 1.96. The average Bonchev–Trinajstić information content (AvgIpc) is 2.34. The highest BCUT2D eigenvalue weighted by molar-refractivity contribution is 6.20. The summed E-state index contributed by atoms with van der Waals surface area (Å²) < 4.78 is 5.13. The van der Waals surface area contributed by atoms with Gasteiger partial charge in [-0.1, -0.05) is 13.0 Å². The average molecular weight is 255 g/mol. The first-order valence-electron chi connectivity index (χ1n) is 6.05. The molecule has 1 aliphatic rings. The van der Waals surface area contributed by atoms with Crippen molar-refractivity contribution in [3.05, 3.63) is 23.9 Å². The molecule has 2 unspecified atom stereocenters. The maximum absolute atomic E-state index is 6.22. The maximum Gasteiger partial charge on any atom is 0.213 e. The van der Waals surface area contributed by atoms with Gasteiger partial charge in [0.1, 0.15) is 0 Å². The fraction of sp³-hybridized carbons (Fsp3) is 0.615. The van der Waals surface area contributed by atoms with Gasteiger partial charge in [0, 0.05) is 24.5 Å². The van der Waals surface area contributed by atoms with E-state index in [1.165, 1.54) is 0 Å². The van der Waals surface area contributed by atoms with Gasteiger partial charge in [-0.3, -0.25) is 4.90 Å². The molecular formula is C13H19ClN2O. The van der Waals surface area contributed by atoms with Gasteiger partial charge < -0.3 is 4.74 Å². The predicted octanol–water partition coefficient (Wildman–Crippen LogP) is 2.54. The van der Waals surface area contributed by atoms with Crippen LogP contribution in [0.15, 0.2) is 18.2 Å². The normalized spacial score (nSPS) is 25.8. The standard InChI is InChI=1S/C13H19ClN2O/c1-10-8-16(7-6-12(10)14)9-11-4-3-5-13(15-11)17-2/h3-5,10,12H,6-9H2,1-2H3. The molecule has 1 aliphatic heterocycles. The number of piperidine rings is 1. The zero-order chi connectivity index (χ0) is 12.3. The van der Waals surface area contributed by atoms with Crippen molar-refractivity contribution < 1.29 is 4.74 Å². The summed E-state index contributed by atoms with van der Waals surface area (Å²) >= 11 is 6.22. The lowest BCUT2D eigenvalue weighted by Gasteiger charge is -2.33. The second kappa shape index (κ2) is 5.69. The quantitative estimate of drug-likeness (QED) is 0.776. The molecule has 1 fully saturated rings. The van der Waals surface area contributed by atoms with E-state index in [2.05, 4.69) is 16.8 Å². The number of aromatic nitrogens is 1.